The first-order valence-corrected chi connectivity index (χ1v) is 4.70. The SMILES string of the molecule is CC(C)C(=O)CCCNC=O.COC. The highest BCUT2D eigenvalue weighted by atomic mass is 16.4. The van der Waals surface area contributed by atoms with Crippen LogP contribution in [0.15, 0.2) is 0 Å². The highest BCUT2D eigenvalue weighted by Crippen LogP contribution is 2.00. The zero-order valence-electron chi connectivity index (χ0n) is 9.50. The van der Waals surface area contributed by atoms with Crippen LogP contribution in [0.4, 0.5) is 0 Å². The molecule has 0 aliphatic heterocycles. The number of carbonyl (C=O) groups is 2. The van der Waals surface area contributed by atoms with Gasteiger partial charge < -0.3 is 10.1 Å². The fourth-order valence-corrected chi connectivity index (χ4v) is 0.712. The van der Waals surface area contributed by atoms with Gasteiger partial charge in [0.25, 0.3) is 0 Å². The van der Waals surface area contributed by atoms with E-state index in [-0.39, 0.29) is 11.7 Å². The minimum atomic E-state index is 0.117. The number of amides is 1. The predicted molar refractivity (Wildman–Crippen MR) is 56.1 cm³/mol. The van der Waals surface area contributed by atoms with Gasteiger partial charge in [0.1, 0.15) is 5.78 Å². The molecule has 4 heteroatoms. The number of ether oxygens (including phenoxy) is 1. The number of hydrogen-bond acceptors (Lipinski definition) is 3. The highest BCUT2D eigenvalue weighted by molar-refractivity contribution is 5.80. The van der Waals surface area contributed by atoms with Crippen molar-refractivity contribution in [3.63, 3.8) is 0 Å². The van der Waals surface area contributed by atoms with Gasteiger partial charge in [0, 0.05) is 33.1 Å². The molecule has 0 bridgehead atoms. The van der Waals surface area contributed by atoms with Crippen LogP contribution in [0, 0.1) is 5.92 Å². The summed E-state index contributed by atoms with van der Waals surface area (Å²) in [6, 6.07) is 0. The molecule has 0 rings (SSSR count). The molecule has 0 aliphatic carbocycles. The fourth-order valence-electron chi connectivity index (χ4n) is 0.712. The summed E-state index contributed by atoms with van der Waals surface area (Å²) in [7, 11) is 3.25. The topological polar surface area (TPSA) is 55.4 Å². The maximum Gasteiger partial charge on any atom is 0.207 e. The Balaban J connectivity index is 0. The Bertz CT molecular complexity index is 146. The monoisotopic (exact) mass is 203 g/mol. The van der Waals surface area contributed by atoms with Gasteiger partial charge >= 0.3 is 0 Å². The van der Waals surface area contributed by atoms with Crippen LogP contribution >= 0.6 is 0 Å². The Labute approximate surface area is 86.0 Å². The quantitative estimate of drug-likeness (QED) is 0.517. The van der Waals surface area contributed by atoms with Crippen molar-refractivity contribution in [2.45, 2.75) is 26.7 Å². The molecule has 0 aromatic carbocycles. The van der Waals surface area contributed by atoms with E-state index < -0.39 is 0 Å². The van der Waals surface area contributed by atoms with Gasteiger partial charge in [-0.25, -0.2) is 0 Å². The zero-order chi connectivity index (χ0) is 11.4. The number of methoxy groups -OCH3 is 1. The van der Waals surface area contributed by atoms with E-state index in [9.17, 15) is 9.59 Å². The Morgan fingerprint density at radius 2 is 1.93 bits per heavy atom. The minimum Gasteiger partial charge on any atom is -0.388 e. The predicted octanol–water partition coefficient (Wildman–Crippen LogP) is 1.00. The fraction of sp³-hybridized carbons (Fsp3) is 0.800. The Morgan fingerprint density at radius 3 is 2.29 bits per heavy atom. The maximum absolute atomic E-state index is 11.0. The molecular weight excluding hydrogens is 182 g/mol. The number of hydrogen-bond donors (Lipinski definition) is 1. The smallest absolute Gasteiger partial charge is 0.207 e. The number of carbonyl (C=O) groups excluding carboxylic acids is 2. The average molecular weight is 203 g/mol. The second kappa shape index (κ2) is 12.1. The van der Waals surface area contributed by atoms with Gasteiger partial charge in [-0.05, 0) is 6.42 Å². The van der Waals surface area contributed by atoms with E-state index in [0.29, 0.717) is 19.4 Å². The van der Waals surface area contributed by atoms with Crippen molar-refractivity contribution >= 4 is 12.2 Å². The van der Waals surface area contributed by atoms with E-state index in [2.05, 4.69) is 10.1 Å². The van der Waals surface area contributed by atoms with Gasteiger partial charge in [0.15, 0.2) is 0 Å². The van der Waals surface area contributed by atoms with Gasteiger partial charge in [-0.2, -0.15) is 0 Å². The van der Waals surface area contributed by atoms with Crippen LogP contribution in [0.1, 0.15) is 26.7 Å². The lowest BCUT2D eigenvalue weighted by Gasteiger charge is -2.02. The first-order chi connectivity index (χ1) is 6.59. The number of Topliss-reactive ketones (excluding diaryl/α,β-unsaturated/α-hetero) is 1. The number of nitrogens with one attached hydrogen (secondary N) is 1. The normalized spacial score (nSPS) is 8.93. The summed E-state index contributed by atoms with van der Waals surface area (Å²) in [5.41, 5.74) is 0. The molecule has 0 aromatic heterocycles. The molecule has 0 fully saturated rings. The van der Waals surface area contributed by atoms with Gasteiger partial charge in [-0.3, -0.25) is 9.59 Å². The van der Waals surface area contributed by atoms with Gasteiger partial charge in [0.2, 0.25) is 6.41 Å². The molecule has 0 saturated heterocycles. The van der Waals surface area contributed by atoms with Crippen LogP contribution in [-0.4, -0.2) is 33.0 Å². The average Bonchev–Trinajstić information content (AvgIpc) is 2.13. The third-order valence-corrected chi connectivity index (χ3v) is 1.47. The molecule has 0 spiro atoms. The molecule has 0 atom stereocenters. The van der Waals surface area contributed by atoms with E-state index in [1.165, 1.54) is 0 Å². The second-order valence-electron chi connectivity index (χ2n) is 3.20. The summed E-state index contributed by atoms with van der Waals surface area (Å²) in [6.45, 7) is 4.37. The van der Waals surface area contributed by atoms with Crippen LogP contribution in [0.3, 0.4) is 0 Å². The molecule has 14 heavy (non-hydrogen) atoms. The van der Waals surface area contributed by atoms with Crippen molar-refractivity contribution in [3.05, 3.63) is 0 Å². The summed E-state index contributed by atoms with van der Waals surface area (Å²) in [5.74, 6) is 0.379. The first-order valence-electron chi connectivity index (χ1n) is 4.70. The van der Waals surface area contributed by atoms with Crippen molar-refractivity contribution in [1.82, 2.24) is 5.32 Å². The third kappa shape index (κ3) is 13.7. The molecule has 1 N–H and O–H groups in total. The van der Waals surface area contributed by atoms with Crippen molar-refractivity contribution in [2.75, 3.05) is 20.8 Å². The Hall–Kier alpha value is -0.900. The van der Waals surface area contributed by atoms with Crippen molar-refractivity contribution < 1.29 is 14.3 Å². The molecule has 0 aromatic rings. The summed E-state index contributed by atoms with van der Waals surface area (Å²) >= 11 is 0. The van der Waals surface area contributed by atoms with Crippen LogP contribution in [0.25, 0.3) is 0 Å². The summed E-state index contributed by atoms with van der Waals surface area (Å²) < 4.78 is 4.25. The first kappa shape index (κ1) is 15.6. The molecule has 0 aliphatic rings. The molecule has 4 nitrogen and oxygen atoms in total. The van der Waals surface area contributed by atoms with Crippen LogP contribution in [-0.2, 0) is 14.3 Å². The lowest BCUT2D eigenvalue weighted by molar-refractivity contribution is -0.122. The van der Waals surface area contributed by atoms with Crippen LogP contribution in [0.5, 0.6) is 0 Å². The molecule has 84 valence electrons. The second-order valence-corrected chi connectivity index (χ2v) is 3.20. The van der Waals surface area contributed by atoms with Crippen molar-refractivity contribution in [1.29, 1.82) is 0 Å². The largest absolute Gasteiger partial charge is 0.388 e. The van der Waals surface area contributed by atoms with Crippen LogP contribution in [0.2, 0.25) is 0 Å². The Morgan fingerprint density at radius 1 is 1.43 bits per heavy atom. The highest BCUT2D eigenvalue weighted by Gasteiger charge is 2.05. The van der Waals surface area contributed by atoms with Gasteiger partial charge in [0.05, 0.1) is 0 Å². The molecule has 0 radical (unpaired) electrons. The standard InChI is InChI=1S/C8H15NO2.C2H6O/c1-7(2)8(11)4-3-5-9-6-10;1-3-2/h6-7H,3-5H2,1-2H3,(H,9,10);1-2H3. The summed E-state index contributed by atoms with van der Waals surface area (Å²) in [5, 5.41) is 2.51. The van der Waals surface area contributed by atoms with Crippen molar-refractivity contribution in [3.8, 4) is 0 Å². The summed E-state index contributed by atoms with van der Waals surface area (Å²) in [4.78, 5) is 20.8. The minimum absolute atomic E-state index is 0.117. The third-order valence-electron chi connectivity index (χ3n) is 1.47. The molecular formula is C10H21NO3. The van der Waals surface area contributed by atoms with E-state index in [0.717, 1.165) is 6.42 Å². The summed E-state index contributed by atoms with van der Waals surface area (Å²) in [6.07, 6.45) is 1.97. The van der Waals surface area contributed by atoms with E-state index >= 15 is 0 Å². The van der Waals surface area contributed by atoms with Crippen LogP contribution < -0.4 is 5.32 Å². The molecule has 0 saturated carbocycles. The Kier molecular flexibility index (Phi) is 13.5. The molecule has 1 amide bonds. The van der Waals surface area contributed by atoms with Gasteiger partial charge in [-0.1, -0.05) is 13.8 Å². The number of rotatable bonds is 6. The molecule has 0 unspecified atom stereocenters. The van der Waals surface area contributed by atoms with Crippen molar-refractivity contribution in [2.24, 2.45) is 5.92 Å². The maximum atomic E-state index is 11.0. The lowest BCUT2D eigenvalue weighted by atomic mass is 10.1. The van der Waals surface area contributed by atoms with E-state index in [1.54, 1.807) is 14.2 Å². The molecule has 0 heterocycles. The van der Waals surface area contributed by atoms with E-state index in [4.69, 9.17) is 0 Å². The number of ketones is 1. The van der Waals surface area contributed by atoms with Gasteiger partial charge in [-0.15, -0.1) is 0 Å². The lowest BCUT2D eigenvalue weighted by Crippen LogP contribution is -2.15. The zero-order valence-corrected chi connectivity index (χ0v) is 9.50. The van der Waals surface area contributed by atoms with E-state index in [1.807, 2.05) is 13.8 Å².